The molecular formula is C37H41N3O4S. The molecule has 7 nitrogen and oxygen atoms in total. The highest BCUT2D eigenvalue weighted by Crippen LogP contribution is 2.39. The SMILES string of the molecule is CCC(C)c1ccc(C(Nc2ccc3ncn(-c4c(C(C)(C)C)ccc(-c5ccccc5)c4C(=O)OC)c3c2)S(C)(=O)=O)cc1. The van der Waals surface area contributed by atoms with Crippen LogP contribution in [0.25, 0.3) is 27.8 Å². The molecule has 2 unspecified atom stereocenters. The zero-order chi connectivity index (χ0) is 32.5. The number of carbonyl (C=O) groups is 1. The van der Waals surface area contributed by atoms with E-state index in [1.807, 2.05) is 83.4 Å². The van der Waals surface area contributed by atoms with Crippen molar-refractivity contribution in [2.45, 2.75) is 57.7 Å². The molecule has 0 bridgehead atoms. The topological polar surface area (TPSA) is 90.3 Å². The Hall–Kier alpha value is -4.43. The number of benzene rings is 4. The molecule has 1 N–H and O–H groups in total. The van der Waals surface area contributed by atoms with Crippen LogP contribution in [0.15, 0.2) is 91.3 Å². The van der Waals surface area contributed by atoms with Crippen LogP contribution in [0.2, 0.25) is 0 Å². The van der Waals surface area contributed by atoms with E-state index in [0.29, 0.717) is 33.9 Å². The second-order valence-electron chi connectivity index (χ2n) is 12.6. The molecule has 5 rings (SSSR count). The first-order chi connectivity index (χ1) is 21.3. The molecule has 0 aliphatic rings. The van der Waals surface area contributed by atoms with E-state index in [1.165, 1.54) is 18.9 Å². The summed E-state index contributed by atoms with van der Waals surface area (Å²) in [6.45, 7) is 10.6. The van der Waals surface area contributed by atoms with Gasteiger partial charge >= 0.3 is 5.97 Å². The smallest absolute Gasteiger partial charge is 0.340 e. The van der Waals surface area contributed by atoms with Crippen molar-refractivity contribution in [1.29, 1.82) is 0 Å². The highest BCUT2D eigenvalue weighted by atomic mass is 32.2. The quantitative estimate of drug-likeness (QED) is 0.166. The van der Waals surface area contributed by atoms with Crippen LogP contribution >= 0.6 is 0 Å². The van der Waals surface area contributed by atoms with Crippen LogP contribution in [0.1, 0.15) is 79.4 Å². The molecule has 0 aliphatic heterocycles. The molecule has 2 atom stereocenters. The molecule has 0 amide bonds. The summed E-state index contributed by atoms with van der Waals surface area (Å²) in [5.74, 6) is -0.0660. The number of anilines is 1. The molecule has 45 heavy (non-hydrogen) atoms. The van der Waals surface area contributed by atoms with Gasteiger partial charge in [0.2, 0.25) is 0 Å². The van der Waals surface area contributed by atoms with Gasteiger partial charge in [-0.1, -0.05) is 101 Å². The maximum absolute atomic E-state index is 13.6. The number of hydrogen-bond donors (Lipinski definition) is 1. The van der Waals surface area contributed by atoms with Gasteiger partial charge in [-0.2, -0.15) is 0 Å². The standard InChI is InChI=1S/C37H41N3O4S/c1-8-24(2)25-14-16-27(17-15-25)35(45(7,42)43)39-28-18-21-31-32(22-28)40(23-38-31)34-30(37(3,4)5)20-19-29(33(34)36(41)44-6)26-12-10-9-11-13-26/h9-24,35,39H,8H2,1-7H3. The third-order valence-electron chi connectivity index (χ3n) is 8.39. The molecule has 0 aliphatic carbocycles. The molecule has 0 radical (unpaired) electrons. The Morgan fingerprint density at radius 1 is 0.956 bits per heavy atom. The number of methoxy groups -OCH3 is 1. The van der Waals surface area contributed by atoms with Gasteiger partial charge in [0.1, 0.15) is 6.33 Å². The van der Waals surface area contributed by atoms with E-state index in [1.54, 1.807) is 6.33 Å². The van der Waals surface area contributed by atoms with Gasteiger partial charge in [-0.25, -0.2) is 18.2 Å². The first kappa shape index (κ1) is 32.0. The molecule has 1 aromatic heterocycles. The lowest BCUT2D eigenvalue weighted by Crippen LogP contribution is -2.20. The maximum atomic E-state index is 13.6. The number of ether oxygens (including phenoxy) is 1. The third-order valence-corrected chi connectivity index (χ3v) is 9.64. The molecule has 234 valence electrons. The monoisotopic (exact) mass is 623 g/mol. The van der Waals surface area contributed by atoms with Crippen molar-refractivity contribution < 1.29 is 17.9 Å². The van der Waals surface area contributed by atoms with Crippen molar-refractivity contribution in [3.05, 3.63) is 114 Å². The average Bonchev–Trinajstić information content (AvgIpc) is 3.44. The highest BCUT2D eigenvalue weighted by Gasteiger charge is 2.29. The average molecular weight is 624 g/mol. The Kier molecular flexibility index (Phi) is 8.90. The van der Waals surface area contributed by atoms with Crippen LogP contribution in [-0.2, 0) is 20.0 Å². The van der Waals surface area contributed by atoms with E-state index in [0.717, 1.165) is 28.6 Å². The number of sulfone groups is 1. The van der Waals surface area contributed by atoms with Crippen molar-refractivity contribution in [3.63, 3.8) is 0 Å². The summed E-state index contributed by atoms with van der Waals surface area (Å²) >= 11 is 0. The zero-order valence-electron chi connectivity index (χ0n) is 27.0. The Labute approximate surface area is 266 Å². The predicted octanol–water partition coefficient (Wildman–Crippen LogP) is 8.45. The van der Waals surface area contributed by atoms with Gasteiger partial charge in [0.15, 0.2) is 15.2 Å². The van der Waals surface area contributed by atoms with Crippen LogP contribution < -0.4 is 5.32 Å². The first-order valence-electron chi connectivity index (χ1n) is 15.2. The van der Waals surface area contributed by atoms with Crippen molar-refractivity contribution >= 4 is 32.5 Å². The number of fused-ring (bicyclic) bond motifs is 1. The second kappa shape index (κ2) is 12.5. The molecule has 4 aromatic carbocycles. The fourth-order valence-corrected chi connectivity index (χ4v) is 6.71. The number of esters is 1. The Morgan fingerprint density at radius 3 is 2.22 bits per heavy atom. The van der Waals surface area contributed by atoms with Gasteiger partial charge < -0.3 is 10.1 Å². The first-order valence-corrected chi connectivity index (χ1v) is 17.1. The van der Waals surface area contributed by atoms with E-state index >= 15 is 0 Å². The number of nitrogens with one attached hydrogen (secondary N) is 1. The Bertz CT molecular complexity index is 1940. The second-order valence-corrected chi connectivity index (χ2v) is 14.8. The number of carbonyl (C=O) groups excluding carboxylic acids is 1. The molecular weight excluding hydrogens is 582 g/mol. The predicted molar refractivity (Wildman–Crippen MR) is 183 cm³/mol. The van der Waals surface area contributed by atoms with Gasteiger partial charge in [0.05, 0.1) is 29.4 Å². The van der Waals surface area contributed by atoms with Crippen molar-refractivity contribution in [1.82, 2.24) is 9.55 Å². The minimum Gasteiger partial charge on any atom is -0.465 e. The van der Waals surface area contributed by atoms with Gasteiger partial charge in [0.25, 0.3) is 0 Å². The lowest BCUT2D eigenvalue weighted by Gasteiger charge is -2.27. The van der Waals surface area contributed by atoms with E-state index in [9.17, 15) is 13.2 Å². The molecule has 0 saturated heterocycles. The highest BCUT2D eigenvalue weighted by molar-refractivity contribution is 7.91. The fraction of sp³-hybridized carbons (Fsp3) is 0.297. The van der Waals surface area contributed by atoms with Crippen LogP contribution in [0, 0.1) is 0 Å². The van der Waals surface area contributed by atoms with Gasteiger partial charge in [0, 0.05) is 11.9 Å². The van der Waals surface area contributed by atoms with Gasteiger partial charge in [-0.15, -0.1) is 0 Å². The van der Waals surface area contributed by atoms with Crippen LogP contribution in [0.3, 0.4) is 0 Å². The summed E-state index contributed by atoms with van der Waals surface area (Å²) in [6.07, 6.45) is 3.95. The molecule has 5 aromatic rings. The van der Waals surface area contributed by atoms with Gasteiger partial charge in [-0.05, 0) is 63.8 Å². The molecule has 0 fully saturated rings. The molecule has 0 saturated carbocycles. The third kappa shape index (κ3) is 6.52. The van der Waals surface area contributed by atoms with Gasteiger partial charge in [-0.3, -0.25) is 4.57 Å². The Morgan fingerprint density at radius 2 is 1.62 bits per heavy atom. The number of imidazole rings is 1. The number of hydrogen-bond acceptors (Lipinski definition) is 6. The number of aromatic nitrogens is 2. The fourth-order valence-electron chi connectivity index (χ4n) is 5.71. The largest absolute Gasteiger partial charge is 0.465 e. The maximum Gasteiger partial charge on any atom is 0.340 e. The summed E-state index contributed by atoms with van der Waals surface area (Å²) < 4.78 is 33.4. The van der Waals surface area contributed by atoms with E-state index < -0.39 is 21.2 Å². The van der Waals surface area contributed by atoms with Crippen LogP contribution in [0.5, 0.6) is 0 Å². The van der Waals surface area contributed by atoms with Crippen LogP contribution in [0.4, 0.5) is 5.69 Å². The summed E-state index contributed by atoms with van der Waals surface area (Å²) in [5.41, 5.74) is 7.24. The summed E-state index contributed by atoms with van der Waals surface area (Å²) in [7, 11) is -2.15. The summed E-state index contributed by atoms with van der Waals surface area (Å²) in [4.78, 5) is 18.2. The van der Waals surface area contributed by atoms with Crippen molar-refractivity contribution in [3.8, 4) is 16.8 Å². The minimum atomic E-state index is -3.54. The van der Waals surface area contributed by atoms with E-state index in [-0.39, 0.29) is 5.41 Å². The summed E-state index contributed by atoms with van der Waals surface area (Å²) in [6, 6.07) is 27.1. The molecule has 0 spiro atoms. The number of nitrogens with zero attached hydrogens (tertiary/aromatic N) is 2. The van der Waals surface area contributed by atoms with Crippen LogP contribution in [-0.4, -0.2) is 37.3 Å². The normalized spacial score (nSPS) is 13.4. The van der Waals surface area contributed by atoms with Crippen molar-refractivity contribution in [2.75, 3.05) is 18.7 Å². The van der Waals surface area contributed by atoms with Crippen molar-refractivity contribution in [2.24, 2.45) is 0 Å². The summed E-state index contributed by atoms with van der Waals surface area (Å²) in [5, 5.41) is 2.32. The van der Waals surface area contributed by atoms with E-state index in [2.05, 4.69) is 51.0 Å². The minimum absolute atomic E-state index is 0.331. The lowest BCUT2D eigenvalue weighted by molar-refractivity contribution is 0.0601. The lowest BCUT2D eigenvalue weighted by atomic mass is 9.82. The molecule has 1 heterocycles. The molecule has 8 heteroatoms. The Balaban J connectivity index is 1.68. The van der Waals surface area contributed by atoms with E-state index in [4.69, 9.17) is 4.74 Å². The number of rotatable bonds is 9. The zero-order valence-corrected chi connectivity index (χ0v) is 27.8.